The Bertz CT molecular complexity index is 629. The van der Waals surface area contributed by atoms with Crippen molar-refractivity contribution in [3.8, 4) is 11.3 Å². The molecule has 0 aliphatic rings. The number of benzene rings is 1. The first kappa shape index (κ1) is 21.4. The van der Waals surface area contributed by atoms with Gasteiger partial charge in [0.25, 0.3) is 0 Å². The number of halogens is 1. The van der Waals surface area contributed by atoms with Crippen molar-refractivity contribution in [1.29, 1.82) is 0 Å². The summed E-state index contributed by atoms with van der Waals surface area (Å²) in [5.41, 5.74) is 8.24. The highest BCUT2D eigenvalue weighted by Gasteiger charge is 2.13. The summed E-state index contributed by atoms with van der Waals surface area (Å²) in [7, 11) is 0. The van der Waals surface area contributed by atoms with Gasteiger partial charge < -0.3 is 10.6 Å². The van der Waals surface area contributed by atoms with Crippen molar-refractivity contribution in [2.24, 2.45) is 0 Å². The van der Waals surface area contributed by atoms with Gasteiger partial charge in [-0.3, -0.25) is 0 Å². The zero-order chi connectivity index (χ0) is 18.8. The number of nitrogens with zero attached hydrogens (tertiary/aromatic N) is 2. The number of hydrogen-bond acceptors (Lipinski definition) is 4. The summed E-state index contributed by atoms with van der Waals surface area (Å²) in [6.45, 7) is 8.05. The van der Waals surface area contributed by atoms with Crippen LogP contribution in [0.2, 0.25) is 0 Å². The van der Waals surface area contributed by atoms with Gasteiger partial charge in [0.05, 0.1) is 5.69 Å². The van der Waals surface area contributed by atoms with Crippen LogP contribution in [0.5, 0.6) is 0 Å². The van der Waals surface area contributed by atoms with E-state index in [-0.39, 0.29) is 0 Å². The average molecular weight is 438 g/mol. The van der Waals surface area contributed by atoms with E-state index in [4.69, 9.17) is 5.73 Å². The molecular weight excluding hydrogens is 406 g/mol. The Kier molecular flexibility index (Phi) is 9.65. The second-order valence-electron chi connectivity index (χ2n) is 6.84. The molecule has 0 saturated carbocycles. The van der Waals surface area contributed by atoms with Crippen LogP contribution in [-0.2, 0) is 6.42 Å². The Balaban J connectivity index is 2.01. The molecule has 2 N–H and O–H groups in total. The van der Waals surface area contributed by atoms with Crippen LogP contribution >= 0.6 is 27.3 Å². The molecule has 0 spiro atoms. The Morgan fingerprint density at radius 1 is 0.962 bits per heavy atom. The average Bonchev–Trinajstić information content (AvgIpc) is 3.01. The molecule has 0 radical (unpaired) electrons. The van der Waals surface area contributed by atoms with E-state index in [1.54, 1.807) is 11.3 Å². The third-order valence-electron chi connectivity index (χ3n) is 4.64. The maximum absolute atomic E-state index is 6.03. The molecular formula is C21H32BrN3S. The SMILES string of the molecule is CCCCCN(CCCCC)CCc1sc(N)nc1-c1ccc(Br)cc1. The van der Waals surface area contributed by atoms with Gasteiger partial charge >= 0.3 is 0 Å². The number of rotatable bonds is 12. The summed E-state index contributed by atoms with van der Waals surface area (Å²) < 4.78 is 1.09. The monoisotopic (exact) mass is 437 g/mol. The van der Waals surface area contributed by atoms with Crippen LogP contribution in [-0.4, -0.2) is 29.5 Å². The summed E-state index contributed by atoms with van der Waals surface area (Å²) in [5, 5.41) is 0.668. The van der Waals surface area contributed by atoms with Crippen LogP contribution in [0.4, 0.5) is 5.13 Å². The van der Waals surface area contributed by atoms with Crippen LogP contribution in [0.15, 0.2) is 28.7 Å². The quantitative estimate of drug-likeness (QED) is 0.391. The summed E-state index contributed by atoms with van der Waals surface area (Å²) in [6.07, 6.45) is 8.83. The Hall–Kier alpha value is -0.910. The molecule has 0 aliphatic carbocycles. The minimum absolute atomic E-state index is 0.668. The van der Waals surface area contributed by atoms with Crippen LogP contribution < -0.4 is 5.73 Å². The standard InChI is InChI=1S/C21H32BrN3S/c1-3-5-7-14-25(15-8-6-4-2)16-13-19-20(24-21(23)26-19)17-9-11-18(22)12-10-17/h9-12H,3-8,13-16H2,1-2H3,(H2,23,24). The molecule has 2 aromatic rings. The van der Waals surface area contributed by atoms with Crippen molar-refractivity contribution in [2.45, 2.75) is 58.8 Å². The molecule has 1 aromatic heterocycles. The van der Waals surface area contributed by atoms with Crippen molar-refractivity contribution in [3.05, 3.63) is 33.6 Å². The maximum Gasteiger partial charge on any atom is 0.180 e. The summed E-state index contributed by atoms with van der Waals surface area (Å²) in [5.74, 6) is 0. The van der Waals surface area contributed by atoms with Crippen molar-refractivity contribution in [3.63, 3.8) is 0 Å². The summed E-state index contributed by atoms with van der Waals surface area (Å²) in [6, 6.07) is 8.36. The van der Waals surface area contributed by atoms with Gasteiger partial charge in [0.1, 0.15) is 0 Å². The molecule has 1 aromatic carbocycles. The molecule has 1 heterocycles. The van der Waals surface area contributed by atoms with E-state index in [2.05, 4.69) is 63.9 Å². The normalized spacial score (nSPS) is 11.4. The van der Waals surface area contributed by atoms with Gasteiger partial charge in [-0.25, -0.2) is 4.98 Å². The van der Waals surface area contributed by atoms with E-state index < -0.39 is 0 Å². The van der Waals surface area contributed by atoms with Crippen molar-refractivity contribution in [2.75, 3.05) is 25.4 Å². The van der Waals surface area contributed by atoms with E-state index >= 15 is 0 Å². The number of nitrogens with two attached hydrogens (primary N) is 1. The largest absolute Gasteiger partial charge is 0.375 e. The van der Waals surface area contributed by atoms with Crippen LogP contribution in [0, 0.1) is 0 Å². The van der Waals surface area contributed by atoms with Gasteiger partial charge in [-0.1, -0.05) is 67.6 Å². The molecule has 0 unspecified atom stereocenters. The summed E-state index contributed by atoms with van der Waals surface area (Å²) >= 11 is 5.14. The Morgan fingerprint density at radius 3 is 2.15 bits per heavy atom. The highest BCUT2D eigenvalue weighted by molar-refractivity contribution is 9.10. The fourth-order valence-corrected chi connectivity index (χ4v) is 4.25. The lowest BCUT2D eigenvalue weighted by atomic mass is 10.1. The third-order valence-corrected chi connectivity index (χ3v) is 6.12. The topological polar surface area (TPSA) is 42.1 Å². The van der Waals surface area contributed by atoms with Crippen molar-refractivity contribution < 1.29 is 0 Å². The smallest absolute Gasteiger partial charge is 0.180 e. The molecule has 0 saturated heterocycles. The fraction of sp³-hybridized carbons (Fsp3) is 0.571. The first-order chi connectivity index (χ1) is 12.6. The molecule has 0 atom stereocenters. The van der Waals surface area contributed by atoms with E-state index in [0.29, 0.717) is 5.13 Å². The van der Waals surface area contributed by atoms with Crippen LogP contribution in [0.3, 0.4) is 0 Å². The predicted molar refractivity (Wildman–Crippen MR) is 119 cm³/mol. The molecule has 144 valence electrons. The van der Waals surface area contributed by atoms with Gasteiger partial charge in [0, 0.05) is 21.5 Å². The van der Waals surface area contributed by atoms with E-state index in [1.165, 1.54) is 56.5 Å². The number of anilines is 1. The van der Waals surface area contributed by atoms with E-state index in [1.807, 2.05) is 0 Å². The van der Waals surface area contributed by atoms with E-state index in [0.717, 1.165) is 28.7 Å². The molecule has 5 heteroatoms. The fourth-order valence-electron chi connectivity index (χ4n) is 3.14. The first-order valence-corrected chi connectivity index (χ1v) is 11.5. The molecule has 26 heavy (non-hydrogen) atoms. The van der Waals surface area contributed by atoms with Gasteiger partial charge in [0.2, 0.25) is 0 Å². The predicted octanol–water partition coefficient (Wildman–Crippen LogP) is 6.38. The van der Waals surface area contributed by atoms with Gasteiger partial charge in [-0.05, 0) is 44.5 Å². The summed E-state index contributed by atoms with van der Waals surface area (Å²) in [4.78, 5) is 8.54. The highest BCUT2D eigenvalue weighted by Crippen LogP contribution is 2.31. The minimum Gasteiger partial charge on any atom is -0.375 e. The first-order valence-electron chi connectivity index (χ1n) is 9.87. The van der Waals surface area contributed by atoms with Gasteiger partial charge in [-0.2, -0.15) is 0 Å². The molecule has 0 amide bonds. The lowest BCUT2D eigenvalue weighted by molar-refractivity contribution is 0.265. The second-order valence-corrected chi connectivity index (χ2v) is 8.87. The number of nitrogen functional groups attached to an aromatic ring is 1. The maximum atomic E-state index is 6.03. The van der Waals surface area contributed by atoms with Crippen LogP contribution in [0.25, 0.3) is 11.3 Å². The Morgan fingerprint density at radius 2 is 1.58 bits per heavy atom. The van der Waals surface area contributed by atoms with Gasteiger partial charge in [0.15, 0.2) is 5.13 Å². The lowest BCUT2D eigenvalue weighted by Crippen LogP contribution is -2.28. The highest BCUT2D eigenvalue weighted by atomic mass is 79.9. The van der Waals surface area contributed by atoms with Gasteiger partial charge in [-0.15, -0.1) is 11.3 Å². The minimum atomic E-state index is 0.668. The van der Waals surface area contributed by atoms with E-state index in [9.17, 15) is 0 Å². The number of thiazole rings is 1. The molecule has 0 aliphatic heterocycles. The zero-order valence-electron chi connectivity index (χ0n) is 16.1. The molecule has 0 bridgehead atoms. The number of aromatic nitrogens is 1. The zero-order valence-corrected chi connectivity index (χ0v) is 18.5. The number of hydrogen-bond donors (Lipinski definition) is 1. The molecule has 0 fully saturated rings. The third kappa shape index (κ3) is 7.01. The van der Waals surface area contributed by atoms with Crippen molar-refractivity contribution >= 4 is 32.4 Å². The van der Waals surface area contributed by atoms with Crippen molar-refractivity contribution in [1.82, 2.24) is 9.88 Å². The molecule has 2 rings (SSSR count). The second kappa shape index (κ2) is 11.7. The molecule has 3 nitrogen and oxygen atoms in total. The lowest BCUT2D eigenvalue weighted by Gasteiger charge is -2.22. The number of unbranched alkanes of at least 4 members (excludes halogenated alkanes) is 4. The van der Waals surface area contributed by atoms with Crippen LogP contribution in [0.1, 0.15) is 57.2 Å². The Labute approximate surface area is 171 Å².